The van der Waals surface area contributed by atoms with E-state index >= 15 is 0 Å². The monoisotopic (exact) mass is 520 g/mol. The fourth-order valence-electron chi connectivity index (χ4n) is 4.00. The Hall–Kier alpha value is -3.67. The lowest BCUT2D eigenvalue weighted by molar-refractivity contribution is -0.143. The average Bonchev–Trinajstić information content (AvgIpc) is 3.40. The second kappa shape index (κ2) is 14.2. The fraction of sp³-hybridized carbons (Fsp3) is 0.560. The summed E-state index contributed by atoms with van der Waals surface area (Å²) in [5.74, 6) is -4.63. The van der Waals surface area contributed by atoms with E-state index < -0.39 is 54.3 Å². The van der Waals surface area contributed by atoms with E-state index in [1.54, 1.807) is 6.92 Å². The van der Waals surface area contributed by atoms with E-state index in [9.17, 15) is 34.2 Å². The lowest BCUT2D eigenvalue weighted by atomic mass is 9.97. The van der Waals surface area contributed by atoms with Crippen molar-refractivity contribution in [3.63, 3.8) is 0 Å². The van der Waals surface area contributed by atoms with Gasteiger partial charge in [-0.2, -0.15) is 0 Å². The van der Waals surface area contributed by atoms with Crippen LogP contribution in [0, 0.1) is 5.92 Å². The number of carbonyl (C=O) groups excluding carboxylic acids is 3. The number of benzene rings is 1. The summed E-state index contributed by atoms with van der Waals surface area (Å²) in [7, 11) is 0. The van der Waals surface area contributed by atoms with Gasteiger partial charge in [0.15, 0.2) is 0 Å². The number of phenolic OH excluding ortho intramolecular Hbond substituents is 1. The molecule has 0 bridgehead atoms. The molecule has 204 valence electrons. The molecule has 2 rings (SSSR count). The van der Waals surface area contributed by atoms with Gasteiger partial charge < -0.3 is 36.6 Å². The van der Waals surface area contributed by atoms with Gasteiger partial charge in [0.25, 0.3) is 0 Å². The van der Waals surface area contributed by atoms with Gasteiger partial charge in [0.2, 0.25) is 17.7 Å². The Labute approximate surface area is 215 Å². The van der Waals surface area contributed by atoms with Crippen molar-refractivity contribution in [2.24, 2.45) is 5.92 Å². The molecule has 1 aromatic carbocycles. The van der Waals surface area contributed by atoms with E-state index in [-0.39, 0.29) is 30.4 Å². The Morgan fingerprint density at radius 1 is 1.00 bits per heavy atom. The highest BCUT2D eigenvalue weighted by atomic mass is 16.4. The molecule has 0 aliphatic carbocycles. The van der Waals surface area contributed by atoms with Crippen LogP contribution in [0.4, 0.5) is 0 Å². The Morgan fingerprint density at radius 2 is 1.65 bits per heavy atom. The van der Waals surface area contributed by atoms with Crippen molar-refractivity contribution in [1.29, 1.82) is 0 Å². The lowest BCUT2D eigenvalue weighted by Gasteiger charge is -2.28. The first-order valence-corrected chi connectivity index (χ1v) is 12.4. The molecule has 1 saturated heterocycles. The first-order chi connectivity index (χ1) is 17.5. The number of nitrogens with one attached hydrogen (secondary N) is 4. The van der Waals surface area contributed by atoms with Gasteiger partial charge in [-0.1, -0.05) is 32.4 Å². The zero-order valence-electron chi connectivity index (χ0n) is 21.0. The van der Waals surface area contributed by atoms with Crippen LogP contribution in [-0.4, -0.2) is 75.7 Å². The molecule has 1 aliphatic rings. The zero-order chi connectivity index (χ0) is 27.5. The van der Waals surface area contributed by atoms with Gasteiger partial charge in [0.1, 0.15) is 23.9 Å². The largest absolute Gasteiger partial charge is 0.508 e. The topological polar surface area (TPSA) is 194 Å². The molecule has 3 amide bonds. The highest BCUT2D eigenvalue weighted by Gasteiger charge is 2.33. The van der Waals surface area contributed by atoms with E-state index in [1.807, 2.05) is 6.92 Å². The predicted molar refractivity (Wildman–Crippen MR) is 133 cm³/mol. The van der Waals surface area contributed by atoms with Crippen molar-refractivity contribution in [2.75, 3.05) is 6.54 Å². The second-order valence-corrected chi connectivity index (χ2v) is 9.28. The van der Waals surface area contributed by atoms with E-state index in [4.69, 9.17) is 5.11 Å². The van der Waals surface area contributed by atoms with Crippen molar-refractivity contribution in [2.45, 2.75) is 76.5 Å². The quantitative estimate of drug-likeness (QED) is 0.178. The van der Waals surface area contributed by atoms with Crippen molar-refractivity contribution < 1.29 is 39.3 Å². The van der Waals surface area contributed by atoms with Gasteiger partial charge in [-0.05, 0) is 49.4 Å². The summed E-state index contributed by atoms with van der Waals surface area (Å²) < 4.78 is 0. The van der Waals surface area contributed by atoms with Gasteiger partial charge >= 0.3 is 11.9 Å². The Kier molecular flexibility index (Phi) is 11.3. The normalized spacial score (nSPS) is 18.2. The number of aliphatic carboxylic acids is 2. The predicted octanol–water partition coefficient (Wildman–Crippen LogP) is 0.137. The molecule has 5 atom stereocenters. The van der Waals surface area contributed by atoms with Crippen molar-refractivity contribution in [3.05, 3.63) is 29.8 Å². The molecular formula is C25H36N4O8. The number of carbonyl (C=O) groups is 5. The summed E-state index contributed by atoms with van der Waals surface area (Å²) in [6.07, 6.45) is 1.22. The first kappa shape index (κ1) is 29.6. The number of hydrogen-bond donors (Lipinski definition) is 7. The fourth-order valence-corrected chi connectivity index (χ4v) is 4.00. The number of phenols is 1. The molecule has 1 aromatic rings. The Morgan fingerprint density at radius 3 is 2.19 bits per heavy atom. The van der Waals surface area contributed by atoms with Crippen LogP contribution in [0.3, 0.4) is 0 Å². The van der Waals surface area contributed by atoms with Crippen LogP contribution in [0.5, 0.6) is 5.75 Å². The summed E-state index contributed by atoms with van der Waals surface area (Å²) in [5.41, 5.74) is 0.539. The maximum absolute atomic E-state index is 13.2. The molecule has 0 spiro atoms. The van der Waals surface area contributed by atoms with E-state index in [0.717, 1.165) is 6.42 Å². The molecule has 5 unspecified atom stereocenters. The minimum atomic E-state index is -1.36. The molecule has 1 aliphatic heterocycles. The second-order valence-electron chi connectivity index (χ2n) is 9.28. The van der Waals surface area contributed by atoms with Gasteiger partial charge in [-0.15, -0.1) is 0 Å². The standard InChI is InChI=1S/C25H36N4O8/c1-3-14(2)21(29-22(33)17-5-4-12-26-17)24(35)27-18(10-11-20(31)32)23(34)28-19(25(36)37)13-15-6-8-16(30)9-7-15/h6-9,14,17-19,21,26,30H,3-5,10-13H2,1-2H3,(H,27,35)(H,28,34)(H,29,33)(H,31,32)(H,36,37). The van der Waals surface area contributed by atoms with E-state index in [0.29, 0.717) is 24.9 Å². The average molecular weight is 521 g/mol. The van der Waals surface area contributed by atoms with Crippen LogP contribution in [0.2, 0.25) is 0 Å². The highest BCUT2D eigenvalue weighted by Crippen LogP contribution is 2.14. The minimum Gasteiger partial charge on any atom is -0.508 e. The number of rotatable bonds is 14. The third-order valence-corrected chi connectivity index (χ3v) is 6.44. The van der Waals surface area contributed by atoms with Crippen molar-refractivity contribution >= 4 is 29.7 Å². The summed E-state index contributed by atoms with van der Waals surface area (Å²) in [6.45, 7) is 4.32. The van der Waals surface area contributed by atoms with Crippen LogP contribution >= 0.6 is 0 Å². The van der Waals surface area contributed by atoms with E-state index in [2.05, 4.69) is 21.3 Å². The molecule has 12 nitrogen and oxygen atoms in total. The molecule has 1 heterocycles. The third-order valence-electron chi connectivity index (χ3n) is 6.44. The maximum atomic E-state index is 13.2. The number of carboxylic acids is 2. The summed E-state index contributed by atoms with van der Waals surface area (Å²) in [6, 6.07) is 1.72. The molecule has 0 radical (unpaired) electrons. The molecule has 12 heteroatoms. The van der Waals surface area contributed by atoms with Crippen LogP contribution in [0.15, 0.2) is 24.3 Å². The first-order valence-electron chi connectivity index (χ1n) is 12.4. The molecule has 7 N–H and O–H groups in total. The lowest BCUT2D eigenvalue weighted by Crippen LogP contribution is -2.58. The summed E-state index contributed by atoms with van der Waals surface area (Å²) >= 11 is 0. The number of amides is 3. The summed E-state index contributed by atoms with van der Waals surface area (Å²) in [5, 5.41) is 38.8. The summed E-state index contributed by atoms with van der Waals surface area (Å²) in [4.78, 5) is 61.8. The van der Waals surface area contributed by atoms with Gasteiger partial charge in [0.05, 0.1) is 6.04 Å². The van der Waals surface area contributed by atoms with E-state index in [1.165, 1.54) is 24.3 Å². The molecule has 1 fully saturated rings. The molecule has 0 saturated carbocycles. The smallest absolute Gasteiger partial charge is 0.326 e. The Bertz CT molecular complexity index is 962. The van der Waals surface area contributed by atoms with Gasteiger partial charge in [-0.3, -0.25) is 19.2 Å². The third kappa shape index (κ3) is 9.37. The maximum Gasteiger partial charge on any atom is 0.326 e. The SMILES string of the molecule is CCC(C)C(NC(=O)C1CCCN1)C(=O)NC(CCC(=O)O)C(=O)NC(Cc1ccc(O)cc1)C(=O)O. The number of carboxylic acid groups (broad SMARTS) is 2. The van der Waals surface area contributed by atoms with Crippen LogP contribution < -0.4 is 21.3 Å². The molecule has 0 aromatic heterocycles. The van der Waals surface area contributed by atoms with Crippen LogP contribution in [-0.2, 0) is 30.4 Å². The van der Waals surface area contributed by atoms with Gasteiger partial charge in [0, 0.05) is 12.8 Å². The Balaban J connectivity index is 2.15. The zero-order valence-corrected chi connectivity index (χ0v) is 21.0. The minimum absolute atomic E-state index is 0.00257. The van der Waals surface area contributed by atoms with Crippen LogP contribution in [0.1, 0.15) is 51.5 Å². The van der Waals surface area contributed by atoms with Crippen molar-refractivity contribution in [1.82, 2.24) is 21.3 Å². The molecule has 37 heavy (non-hydrogen) atoms. The van der Waals surface area contributed by atoms with Crippen LogP contribution in [0.25, 0.3) is 0 Å². The van der Waals surface area contributed by atoms with Gasteiger partial charge in [-0.25, -0.2) is 4.79 Å². The highest BCUT2D eigenvalue weighted by molar-refractivity contribution is 5.94. The number of hydrogen-bond acceptors (Lipinski definition) is 7. The number of aromatic hydroxyl groups is 1. The molecular weight excluding hydrogens is 484 g/mol. The van der Waals surface area contributed by atoms with Crippen molar-refractivity contribution in [3.8, 4) is 5.75 Å².